The summed E-state index contributed by atoms with van der Waals surface area (Å²) in [6.07, 6.45) is 9.72. The standard InChI is InChI=1S/C8H18.C3H7Br/c1-3-5-7-8-6-4-2;1-2-3-4/h3-8H2,1-2H3;2-3H2,1H3. The number of halogens is 1. The fourth-order valence-electron chi connectivity index (χ4n) is 0.854. The van der Waals surface area contributed by atoms with E-state index in [1.54, 1.807) is 0 Å². The van der Waals surface area contributed by atoms with E-state index in [0.717, 1.165) is 5.33 Å². The van der Waals surface area contributed by atoms with Gasteiger partial charge in [0.2, 0.25) is 0 Å². The minimum atomic E-state index is 1.13. The maximum atomic E-state index is 3.25. The van der Waals surface area contributed by atoms with Crippen LogP contribution in [0.1, 0.15) is 65.7 Å². The first-order chi connectivity index (χ1) is 5.83. The molecule has 0 nitrogen and oxygen atoms in total. The van der Waals surface area contributed by atoms with Crippen molar-refractivity contribution in [2.75, 3.05) is 5.33 Å². The van der Waals surface area contributed by atoms with Crippen LogP contribution < -0.4 is 0 Å². The van der Waals surface area contributed by atoms with Gasteiger partial charge in [-0.3, -0.25) is 0 Å². The summed E-state index contributed by atoms with van der Waals surface area (Å²) in [6, 6.07) is 0. The summed E-state index contributed by atoms with van der Waals surface area (Å²) < 4.78 is 0. The van der Waals surface area contributed by atoms with Gasteiger partial charge in [0.15, 0.2) is 0 Å². The van der Waals surface area contributed by atoms with Gasteiger partial charge in [0.05, 0.1) is 0 Å². The summed E-state index contributed by atoms with van der Waals surface area (Å²) in [7, 11) is 0. The summed E-state index contributed by atoms with van der Waals surface area (Å²) in [5, 5.41) is 1.13. The third-order valence-corrected chi connectivity index (χ3v) is 2.44. The predicted molar refractivity (Wildman–Crippen MR) is 63.1 cm³/mol. The molecular weight excluding hydrogens is 212 g/mol. The number of unbranched alkanes of at least 4 members (excludes halogenated alkanes) is 5. The molecule has 1 heteroatoms. The summed E-state index contributed by atoms with van der Waals surface area (Å²) in [4.78, 5) is 0. The van der Waals surface area contributed by atoms with Gasteiger partial charge in [0.25, 0.3) is 0 Å². The van der Waals surface area contributed by atoms with Crippen molar-refractivity contribution in [2.45, 2.75) is 65.7 Å². The van der Waals surface area contributed by atoms with E-state index in [1.165, 1.54) is 44.9 Å². The molecule has 0 aromatic carbocycles. The van der Waals surface area contributed by atoms with E-state index in [2.05, 4.69) is 36.7 Å². The molecule has 0 aliphatic carbocycles. The molecule has 0 aliphatic rings. The quantitative estimate of drug-likeness (QED) is 0.442. The van der Waals surface area contributed by atoms with Gasteiger partial charge in [0, 0.05) is 5.33 Å². The first-order valence-corrected chi connectivity index (χ1v) is 6.51. The fraction of sp³-hybridized carbons (Fsp3) is 1.00. The molecule has 0 rings (SSSR count). The smallest absolute Gasteiger partial charge is 0.00286 e. The molecule has 0 amide bonds. The van der Waals surface area contributed by atoms with Crippen molar-refractivity contribution in [3.8, 4) is 0 Å². The second-order valence-corrected chi connectivity index (χ2v) is 3.90. The molecule has 76 valence electrons. The van der Waals surface area contributed by atoms with Crippen LogP contribution in [0.25, 0.3) is 0 Å². The zero-order valence-corrected chi connectivity index (χ0v) is 10.6. The third-order valence-electron chi connectivity index (χ3n) is 1.65. The van der Waals surface area contributed by atoms with Crippen LogP contribution in [0.15, 0.2) is 0 Å². The molecular formula is C11H25Br. The van der Waals surface area contributed by atoms with E-state index in [1.807, 2.05) is 0 Å². The Morgan fingerprint density at radius 2 is 1.00 bits per heavy atom. The van der Waals surface area contributed by atoms with E-state index >= 15 is 0 Å². The summed E-state index contributed by atoms with van der Waals surface area (Å²) in [5.74, 6) is 0. The lowest BCUT2D eigenvalue weighted by molar-refractivity contribution is 0.624. The molecule has 0 N–H and O–H groups in total. The van der Waals surface area contributed by atoms with Crippen molar-refractivity contribution in [3.63, 3.8) is 0 Å². The minimum absolute atomic E-state index is 1.13. The van der Waals surface area contributed by atoms with Crippen LogP contribution in [0, 0.1) is 0 Å². The van der Waals surface area contributed by atoms with Crippen molar-refractivity contribution in [1.82, 2.24) is 0 Å². The van der Waals surface area contributed by atoms with Crippen LogP contribution in [-0.2, 0) is 0 Å². The monoisotopic (exact) mass is 236 g/mol. The van der Waals surface area contributed by atoms with E-state index in [0.29, 0.717) is 0 Å². The van der Waals surface area contributed by atoms with Crippen LogP contribution in [0.4, 0.5) is 0 Å². The summed E-state index contributed by atoms with van der Waals surface area (Å²) in [5.41, 5.74) is 0. The van der Waals surface area contributed by atoms with Crippen molar-refractivity contribution >= 4 is 15.9 Å². The fourth-order valence-corrected chi connectivity index (χ4v) is 0.854. The molecule has 0 saturated heterocycles. The van der Waals surface area contributed by atoms with Gasteiger partial charge in [-0.05, 0) is 6.42 Å². The van der Waals surface area contributed by atoms with Gasteiger partial charge in [-0.25, -0.2) is 0 Å². The Morgan fingerprint density at radius 3 is 1.17 bits per heavy atom. The van der Waals surface area contributed by atoms with E-state index in [4.69, 9.17) is 0 Å². The lowest BCUT2D eigenvalue weighted by Gasteiger charge is -1.93. The van der Waals surface area contributed by atoms with Gasteiger partial charge in [0.1, 0.15) is 0 Å². The first-order valence-electron chi connectivity index (χ1n) is 5.39. The molecule has 0 bridgehead atoms. The average Bonchev–Trinajstić information content (AvgIpc) is 2.13. The van der Waals surface area contributed by atoms with Gasteiger partial charge >= 0.3 is 0 Å². The average molecular weight is 237 g/mol. The van der Waals surface area contributed by atoms with Crippen molar-refractivity contribution in [1.29, 1.82) is 0 Å². The highest BCUT2D eigenvalue weighted by Crippen LogP contribution is 2.03. The Bertz CT molecular complexity index is 45.0. The lowest BCUT2D eigenvalue weighted by atomic mass is 10.1. The number of hydrogen-bond donors (Lipinski definition) is 0. The Morgan fingerprint density at radius 1 is 0.667 bits per heavy atom. The Labute approximate surface area is 87.3 Å². The van der Waals surface area contributed by atoms with Crippen molar-refractivity contribution in [3.05, 3.63) is 0 Å². The number of alkyl halides is 1. The van der Waals surface area contributed by atoms with Gasteiger partial charge in [-0.15, -0.1) is 0 Å². The molecule has 0 saturated carbocycles. The topological polar surface area (TPSA) is 0 Å². The zero-order chi connectivity index (χ0) is 9.66. The normalized spacial score (nSPS) is 9.00. The molecule has 0 radical (unpaired) electrons. The first kappa shape index (κ1) is 15.0. The largest absolute Gasteiger partial charge is 0.0928 e. The van der Waals surface area contributed by atoms with E-state index in [9.17, 15) is 0 Å². The van der Waals surface area contributed by atoms with Crippen molar-refractivity contribution in [2.24, 2.45) is 0 Å². The molecule has 12 heavy (non-hydrogen) atoms. The lowest BCUT2D eigenvalue weighted by Crippen LogP contribution is -1.73. The Hall–Kier alpha value is 0.480. The predicted octanol–water partition coefficient (Wildman–Crippen LogP) is 5.16. The molecule has 0 spiro atoms. The maximum absolute atomic E-state index is 3.25. The maximum Gasteiger partial charge on any atom is 0.00286 e. The molecule has 0 unspecified atom stereocenters. The summed E-state index contributed by atoms with van der Waals surface area (Å²) in [6.45, 7) is 6.65. The molecule has 0 aliphatic heterocycles. The highest BCUT2D eigenvalue weighted by atomic mass is 79.9. The second kappa shape index (κ2) is 17.5. The highest BCUT2D eigenvalue weighted by molar-refractivity contribution is 9.09. The molecule has 0 fully saturated rings. The Balaban J connectivity index is 0. The minimum Gasteiger partial charge on any atom is -0.0928 e. The number of rotatable bonds is 6. The van der Waals surface area contributed by atoms with Crippen LogP contribution >= 0.6 is 15.9 Å². The van der Waals surface area contributed by atoms with Crippen molar-refractivity contribution < 1.29 is 0 Å². The van der Waals surface area contributed by atoms with Gasteiger partial charge in [-0.1, -0.05) is 75.2 Å². The number of hydrogen-bond acceptors (Lipinski definition) is 0. The van der Waals surface area contributed by atoms with E-state index in [-0.39, 0.29) is 0 Å². The molecule has 0 aromatic rings. The summed E-state index contributed by atoms with van der Waals surface area (Å²) >= 11 is 3.25. The highest BCUT2D eigenvalue weighted by Gasteiger charge is 1.83. The van der Waals surface area contributed by atoms with Gasteiger partial charge in [-0.2, -0.15) is 0 Å². The van der Waals surface area contributed by atoms with Crippen LogP contribution in [-0.4, -0.2) is 5.33 Å². The van der Waals surface area contributed by atoms with Crippen LogP contribution in [0.3, 0.4) is 0 Å². The molecule has 0 atom stereocenters. The van der Waals surface area contributed by atoms with Crippen LogP contribution in [0.5, 0.6) is 0 Å². The van der Waals surface area contributed by atoms with E-state index < -0.39 is 0 Å². The second-order valence-electron chi connectivity index (χ2n) is 3.10. The van der Waals surface area contributed by atoms with Crippen LogP contribution in [0.2, 0.25) is 0 Å². The molecule has 0 heterocycles. The Kier molecular flexibility index (Phi) is 21.9. The zero-order valence-electron chi connectivity index (χ0n) is 9.03. The SMILES string of the molecule is CCCBr.CCCCCCCC. The van der Waals surface area contributed by atoms with Gasteiger partial charge < -0.3 is 0 Å². The molecule has 0 aromatic heterocycles. The third kappa shape index (κ3) is 22.4.